The highest BCUT2D eigenvalue weighted by Crippen LogP contribution is 2.37. The van der Waals surface area contributed by atoms with E-state index in [0.29, 0.717) is 52.0 Å². The Morgan fingerprint density at radius 2 is 1.77 bits per heavy atom. The molecule has 254 valence electrons. The first-order valence-electron chi connectivity index (χ1n) is 15.6. The zero-order valence-electron chi connectivity index (χ0n) is 28.0. The Kier molecular flexibility index (Phi) is 9.89. The van der Waals surface area contributed by atoms with Gasteiger partial charge in [-0.25, -0.2) is 14.6 Å². The molecule has 48 heavy (non-hydrogen) atoms. The summed E-state index contributed by atoms with van der Waals surface area (Å²) in [5.41, 5.74) is 1.82. The number of H-pyrrole nitrogens is 1. The molecule has 1 aliphatic heterocycles. The molecule has 0 radical (unpaired) electrons. The fourth-order valence-corrected chi connectivity index (χ4v) is 6.46. The fourth-order valence-electron chi connectivity index (χ4n) is 5.51. The van der Waals surface area contributed by atoms with Crippen molar-refractivity contribution in [1.29, 1.82) is 0 Å². The summed E-state index contributed by atoms with van der Waals surface area (Å²) in [7, 11) is 0. The van der Waals surface area contributed by atoms with Gasteiger partial charge in [0.25, 0.3) is 5.56 Å². The standard InChI is InChI=1S/C35H39ClN4O7S/c1-8-45-32(43)28-14-21(19-48-28)31-37-17-25(38-31)27-12-10-23-13-20(15-29(41)40(23)27)24-16-22(36)9-11-26(24)39(33(44)47-35(5,6)7)18-30(42)46-34(2,3)4/h9,11,13-17,19,27H,8,10,12,18H2,1-7H3,(H,37,38). The Morgan fingerprint density at radius 3 is 2.46 bits per heavy atom. The largest absolute Gasteiger partial charge is 0.462 e. The number of pyridine rings is 1. The van der Waals surface area contributed by atoms with Crippen LogP contribution in [0.15, 0.2) is 52.8 Å². The number of ether oxygens (including phenoxy) is 3. The van der Waals surface area contributed by atoms with Crippen molar-refractivity contribution in [3.05, 3.63) is 79.6 Å². The summed E-state index contributed by atoms with van der Waals surface area (Å²) in [4.78, 5) is 62.0. The molecule has 3 aromatic heterocycles. The molecule has 0 bridgehead atoms. The van der Waals surface area contributed by atoms with Crippen LogP contribution in [0, 0.1) is 0 Å². The second kappa shape index (κ2) is 13.6. The maximum absolute atomic E-state index is 13.8. The van der Waals surface area contributed by atoms with E-state index >= 15 is 0 Å². The van der Waals surface area contributed by atoms with Gasteiger partial charge in [-0.2, -0.15) is 0 Å². The van der Waals surface area contributed by atoms with Crippen molar-refractivity contribution in [1.82, 2.24) is 14.5 Å². The van der Waals surface area contributed by atoms with Crippen LogP contribution in [-0.4, -0.2) is 56.9 Å². The molecule has 5 rings (SSSR count). The summed E-state index contributed by atoms with van der Waals surface area (Å²) >= 11 is 7.73. The molecule has 1 N–H and O–H groups in total. The number of carbonyl (C=O) groups excluding carboxylic acids is 3. The van der Waals surface area contributed by atoms with Crippen LogP contribution >= 0.6 is 22.9 Å². The van der Waals surface area contributed by atoms with Crippen molar-refractivity contribution in [2.45, 2.75) is 78.6 Å². The zero-order valence-corrected chi connectivity index (χ0v) is 29.6. The van der Waals surface area contributed by atoms with E-state index in [2.05, 4.69) is 9.97 Å². The van der Waals surface area contributed by atoms with Gasteiger partial charge in [0.05, 0.1) is 30.2 Å². The van der Waals surface area contributed by atoms with Gasteiger partial charge in [-0.15, -0.1) is 11.3 Å². The normalized spacial score (nSPS) is 14.4. The summed E-state index contributed by atoms with van der Waals surface area (Å²) in [6.45, 7) is 12.1. The van der Waals surface area contributed by atoms with E-state index in [1.54, 1.807) is 83.5 Å². The van der Waals surface area contributed by atoms with Gasteiger partial charge in [-0.05, 0) is 97.2 Å². The molecule has 4 heterocycles. The summed E-state index contributed by atoms with van der Waals surface area (Å²) < 4.78 is 18.0. The zero-order chi connectivity index (χ0) is 35.0. The molecule has 1 aliphatic rings. The lowest BCUT2D eigenvalue weighted by atomic mass is 10.0. The molecule has 1 aromatic carbocycles. The maximum Gasteiger partial charge on any atom is 0.415 e. The van der Waals surface area contributed by atoms with Gasteiger partial charge in [0.1, 0.15) is 28.4 Å². The van der Waals surface area contributed by atoms with Crippen LogP contribution in [0.5, 0.6) is 0 Å². The van der Waals surface area contributed by atoms with Crippen LogP contribution in [0.4, 0.5) is 10.5 Å². The number of aryl methyl sites for hydroxylation is 1. The Bertz CT molecular complexity index is 1910. The first kappa shape index (κ1) is 34.9. The number of thiophene rings is 1. The number of hydrogen-bond donors (Lipinski definition) is 1. The average molecular weight is 695 g/mol. The van der Waals surface area contributed by atoms with Crippen LogP contribution in [-0.2, 0) is 25.4 Å². The Morgan fingerprint density at radius 1 is 1.04 bits per heavy atom. The Hall–Kier alpha value is -4.42. The van der Waals surface area contributed by atoms with Crippen molar-refractivity contribution in [2.75, 3.05) is 18.1 Å². The van der Waals surface area contributed by atoms with Crippen LogP contribution in [0.2, 0.25) is 5.02 Å². The van der Waals surface area contributed by atoms with Crippen LogP contribution in [0.3, 0.4) is 0 Å². The van der Waals surface area contributed by atoms with E-state index in [1.165, 1.54) is 22.3 Å². The third-order valence-corrected chi connectivity index (χ3v) is 8.46. The molecule has 0 aliphatic carbocycles. The van der Waals surface area contributed by atoms with Gasteiger partial charge >= 0.3 is 18.0 Å². The van der Waals surface area contributed by atoms with E-state index in [0.717, 1.165) is 17.0 Å². The number of imidazole rings is 1. The number of benzene rings is 1. The van der Waals surface area contributed by atoms with Crippen molar-refractivity contribution < 1.29 is 28.6 Å². The second-order valence-electron chi connectivity index (χ2n) is 13.4. The summed E-state index contributed by atoms with van der Waals surface area (Å²) in [6.07, 6.45) is 2.23. The first-order valence-corrected chi connectivity index (χ1v) is 16.9. The van der Waals surface area contributed by atoms with Gasteiger partial charge in [0.2, 0.25) is 0 Å². The van der Waals surface area contributed by atoms with Crippen LogP contribution in [0.1, 0.15) is 82.0 Å². The number of aromatic nitrogens is 3. The molecular weight excluding hydrogens is 656 g/mol. The van der Waals surface area contributed by atoms with E-state index < -0.39 is 29.8 Å². The molecule has 13 heteroatoms. The van der Waals surface area contributed by atoms with Crippen LogP contribution in [0.25, 0.3) is 22.5 Å². The number of nitrogens with zero attached hydrogens (tertiary/aromatic N) is 3. The highest BCUT2D eigenvalue weighted by Gasteiger charge is 2.31. The van der Waals surface area contributed by atoms with Gasteiger partial charge in [-0.3, -0.25) is 14.5 Å². The number of nitrogens with one attached hydrogen (secondary N) is 1. The van der Waals surface area contributed by atoms with Crippen molar-refractivity contribution in [3.63, 3.8) is 0 Å². The number of rotatable bonds is 8. The van der Waals surface area contributed by atoms with Crippen molar-refractivity contribution >= 4 is 46.7 Å². The highest BCUT2D eigenvalue weighted by molar-refractivity contribution is 7.12. The van der Waals surface area contributed by atoms with E-state index in [9.17, 15) is 19.2 Å². The topological polar surface area (TPSA) is 133 Å². The number of carbonyl (C=O) groups is 3. The highest BCUT2D eigenvalue weighted by atomic mass is 35.5. The lowest BCUT2D eigenvalue weighted by Crippen LogP contribution is -2.42. The summed E-state index contributed by atoms with van der Waals surface area (Å²) in [6, 6.07) is 9.76. The Balaban J connectivity index is 1.49. The SMILES string of the molecule is CCOC(=O)c1cc(-c2ncc(C3CCc4cc(-c5cc(Cl)ccc5N(CC(=O)OC(C)(C)C)C(=O)OC(C)(C)C)cc(=O)n43)[nH]2)cs1. The monoisotopic (exact) mass is 694 g/mol. The average Bonchev–Trinajstić information content (AvgIpc) is 3.74. The minimum Gasteiger partial charge on any atom is -0.462 e. The van der Waals surface area contributed by atoms with Crippen LogP contribution < -0.4 is 10.5 Å². The predicted molar refractivity (Wildman–Crippen MR) is 185 cm³/mol. The van der Waals surface area contributed by atoms with E-state index in [4.69, 9.17) is 25.8 Å². The number of aromatic amines is 1. The smallest absolute Gasteiger partial charge is 0.415 e. The number of amides is 1. The predicted octanol–water partition coefficient (Wildman–Crippen LogP) is 7.42. The number of hydrogen-bond acceptors (Lipinski definition) is 9. The molecule has 1 unspecified atom stereocenters. The van der Waals surface area contributed by atoms with E-state index in [-0.39, 0.29) is 17.6 Å². The lowest BCUT2D eigenvalue weighted by molar-refractivity contribution is -0.153. The molecular formula is C35H39ClN4O7S. The second-order valence-corrected chi connectivity index (χ2v) is 14.8. The third kappa shape index (κ3) is 7.99. The lowest BCUT2D eigenvalue weighted by Gasteiger charge is -2.29. The number of fused-ring (bicyclic) bond motifs is 1. The van der Waals surface area contributed by atoms with Crippen molar-refractivity contribution in [2.24, 2.45) is 0 Å². The molecule has 11 nitrogen and oxygen atoms in total. The molecule has 0 saturated carbocycles. The fraction of sp³-hybridized carbons (Fsp3) is 0.400. The Labute approximate surface area is 287 Å². The first-order chi connectivity index (χ1) is 22.5. The molecule has 4 aromatic rings. The van der Waals surface area contributed by atoms with Gasteiger partial charge in [-0.1, -0.05) is 11.6 Å². The summed E-state index contributed by atoms with van der Waals surface area (Å²) in [5.74, 6) is -0.412. The summed E-state index contributed by atoms with van der Waals surface area (Å²) in [5, 5.41) is 2.22. The molecule has 0 spiro atoms. The minimum absolute atomic E-state index is 0.247. The molecule has 1 amide bonds. The maximum atomic E-state index is 13.8. The third-order valence-electron chi connectivity index (χ3n) is 7.32. The number of anilines is 1. The van der Waals surface area contributed by atoms with Crippen molar-refractivity contribution in [3.8, 4) is 22.5 Å². The molecule has 1 atom stereocenters. The van der Waals surface area contributed by atoms with Gasteiger partial charge in [0, 0.05) is 33.3 Å². The quantitative estimate of drug-likeness (QED) is 0.149. The minimum atomic E-state index is -0.837. The number of esters is 2. The molecule has 0 saturated heterocycles. The van der Waals surface area contributed by atoms with E-state index in [1.807, 2.05) is 11.4 Å². The van der Waals surface area contributed by atoms with Gasteiger partial charge in [0.15, 0.2) is 0 Å². The molecule has 0 fully saturated rings. The van der Waals surface area contributed by atoms with Gasteiger partial charge < -0.3 is 23.8 Å². The number of halogens is 1.